The molecule has 1 atom stereocenters. The Kier molecular flexibility index (Phi) is 5.78. The van der Waals surface area contributed by atoms with E-state index in [2.05, 4.69) is 21.2 Å². The zero-order valence-electron chi connectivity index (χ0n) is 9.80. The highest BCUT2D eigenvalue weighted by Crippen LogP contribution is 2.26. The average Bonchev–Trinajstić information content (AvgIpc) is 2.32. The topological polar surface area (TPSA) is 38.3 Å². The van der Waals surface area contributed by atoms with Crippen LogP contribution in [0, 0.1) is 0 Å². The van der Waals surface area contributed by atoms with Crippen LogP contribution < -0.4 is 5.32 Å². The van der Waals surface area contributed by atoms with Crippen molar-refractivity contribution in [3.63, 3.8) is 0 Å². The van der Waals surface area contributed by atoms with Gasteiger partial charge in [-0.05, 0) is 40.5 Å². The Balaban J connectivity index is 2.78. The molecule has 0 spiro atoms. The molecule has 3 nitrogen and oxygen atoms in total. The van der Waals surface area contributed by atoms with Crippen LogP contribution in [0.5, 0.6) is 0 Å². The number of hydrogen-bond acceptors (Lipinski definition) is 3. The zero-order chi connectivity index (χ0) is 12.8. The quantitative estimate of drug-likeness (QED) is 0.837. The number of hydrogen-bond donors (Lipinski definition) is 1. The molecule has 0 aliphatic rings. The van der Waals surface area contributed by atoms with Crippen molar-refractivity contribution >= 4 is 39.2 Å². The molecule has 0 saturated heterocycles. The summed E-state index contributed by atoms with van der Waals surface area (Å²) in [4.78, 5) is 11.5. The third-order valence-corrected chi connectivity index (χ3v) is 3.54. The number of carbonyl (C=O) groups excluding carboxylic acids is 1. The lowest BCUT2D eigenvalue weighted by atomic mass is 10.1. The Morgan fingerprint density at radius 3 is 2.82 bits per heavy atom. The summed E-state index contributed by atoms with van der Waals surface area (Å²) in [5, 5.41) is 3.77. The molecule has 0 saturated carbocycles. The lowest BCUT2D eigenvalue weighted by Crippen LogP contribution is -2.30. The average molecular weight is 321 g/mol. The lowest BCUT2D eigenvalue weighted by molar-refractivity contribution is -0.141. The molecular weight excluding hydrogens is 305 g/mol. The monoisotopic (exact) mass is 319 g/mol. The van der Waals surface area contributed by atoms with Crippen LogP contribution in [0.3, 0.4) is 0 Å². The van der Waals surface area contributed by atoms with Gasteiger partial charge < -0.3 is 10.1 Å². The van der Waals surface area contributed by atoms with Crippen molar-refractivity contribution in [3.05, 3.63) is 27.7 Å². The van der Waals surface area contributed by atoms with Gasteiger partial charge in [0.2, 0.25) is 0 Å². The smallest absolute Gasteiger partial charge is 0.328 e. The first kappa shape index (κ1) is 14.3. The van der Waals surface area contributed by atoms with Crippen LogP contribution in [0.4, 0.5) is 5.69 Å². The standard InChI is InChI=1S/C12H15BrClNO2/c1-3-4-11(12(16)17-2)15-8-5-6-10(14)9(13)7-8/h5-7,11,15H,3-4H2,1-2H3. The minimum Gasteiger partial charge on any atom is -0.467 e. The van der Waals surface area contributed by atoms with Gasteiger partial charge in [-0.1, -0.05) is 24.9 Å². The summed E-state index contributed by atoms with van der Waals surface area (Å²) in [7, 11) is 1.39. The summed E-state index contributed by atoms with van der Waals surface area (Å²) in [6.07, 6.45) is 1.63. The highest BCUT2D eigenvalue weighted by Gasteiger charge is 2.17. The van der Waals surface area contributed by atoms with Crippen LogP contribution in [0.15, 0.2) is 22.7 Å². The molecule has 1 aromatic carbocycles. The van der Waals surface area contributed by atoms with Crippen molar-refractivity contribution in [2.24, 2.45) is 0 Å². The maximum Gasteiger partial charge on any atom is 0.328 e. The Hall–Kier alpha value is -0.740. The van der Waals surface area contributed by atoms with E-state index in [1.807, 2.05) is 19.1 Å². The van der Waals surface area contributed by atoms with Crippen molar-refractivity contribution in [1.82, 2.24) is 0 Å². The van der Waals surface area contributed by atoms with Crippen molar-refractivity contribution < 1.29 is 9.53 Å². The second-order valence-electron chi connectivity index (χ2n) is 3.64. The molecule has 1 unspecified atom stereocenters. The second-order valence-corrected chi connectivity index (χ2v) is 4.90. The van der Waals surface area contributed by atoms with E-state index in [-0.39, 0.29) is 12.0 Å². The Morgan fingerprint density at radius 1 is 1.59 bits per heavy atom. The van der Waals surface area contributed by atoms with Crippen LogP contribution in [-0.2, 0) is 9.53 Å². The molecule has 1 rings (SSSR count). The molecule has 17 heavy (non-hydrogen) atoms. The summed E-state index contributed by atoms with van der Waals surface area (Å²) >= 11 is 9.24. The van der Waals surface area contributed by atoms with Crippen molar-refractivity contribution in [2.45, 2.75) is 25.8 Å². The largest absolute Gasteiger partial charge is 0.467 e. The highest BCUT2D eigenvalue weighted by atomic mass is 79.9. The number of anilines is 1. The number of benzene rings is 1. The maximum atomic E-state index is 11.5. The van der Waals surface area contributed by atoms with E-state index in [0.29, 0.717) is 5.02 Å². The van der Waals surface area contributed by atoms with Gasteiger partial charge in [0.15, 0.2) is 0 Å². The normalized spacial score (nSPS) is 12.0. The van der Waals surface area contributed by atoms with E-state index in [1.54, 1.807) is 6.07 Å². The summed E-state index contributed by atoms with van der Waals surface area (Å²) < 4.78 is 5.55. The first-order valence-corrected chi connectivity index (χ1v) is 6.55. The summed E-state index contributed by atoms with van der Waals surface area (Å²) in [5.41, 5.74) is 0.838. The Morgan fingerprint density at radius 2 is 2.29 bits per heavy atom. The van der Waals surface area contributed by atoms with Crippen molar-refractivity contribution in [3.8, 4) is 0 Å². The van der Waals surface area contributed by atoms with Gasteiger partial charge in [0, 0.05) is 10.2 Å². The van der Waals surface area contributed by atoms with Crippen LogP contribution in [0.25, 0.3) is 0 Å². The number of esters is 1. The second kappa shape index (κ2) is 6.87. The van der Waals surface area contributed by atoms with Crippen LogP contribution in [0.1, 0.15) is 19.8 Å². The Bertz CT molecular complexity index is 398. The molecule has 5 heteroatoms. The lowest BCUT2D eigenvalue weighted by Gasteiger charge is -2.17. The molecule has 0 fully saturated rings. The van der Waals surface area contributed by atoms with E-state index in [0.717, 1.165) is 23.0 Å². The summed E-state index contributed by atoms with van der Waals surface area (Å²) in [6, 6.07) is 5.12. The minimum absolute atomic E-state index is 0.252. The third-order valence-electron chi connectivity index (χ3n) is 2.32. The fourth-order valence-corrected chi connectivity index (χ4v) is 1.96. The van der Waals surface area contributed by atoms with E-state index >= 15 is 0 Å². The maximum absolute atomic E-state index is 11.5. The van der Waals surface area contributed by atoms with Crippen LogP contribution >= 0.6 is 27.5 Å². The van der Waals surface area contributed by atoms with Crippen molar-refractivity contribution in [2.75, 3.05) is 12.4 Å². The van der Waals surface area contributed by atoms with Crippen LogP contribution in [-0.4, -0.2) is 19.1 Å². The molecule has 0 aliphatic heterocycles. The minimum atomic E-state index is -0.321. The fourth-order valence-electron chi connectivity index (χ4n) is 1.47. The molecule has 0 radical (unpaired) electrons. The molecule has 0 aromatic heterocycles. The number of carbonyl (C=O) groups is 1. The third kappa shape index (κ3) is 4.21. The molecule has 94 valence electrons. The zero-order valence-corrected chi connectivity index (χ0v) is 12.1. The molecule has 1 N–H and O–H groups in total. The highest BCUT2D eigenvalue weighted by molar-refractivity contribution is 9.10. The fraction of sp³-hybridized carbons (Fsp3) is 0.417. The first-order chi connectivity index (χ1) is 8.08. The van der Waals surface area contributed by atoms with Gasteiger partial charge in [0.1, 0.15) is 6.04 Å². The molecule has 0 heterocycles. The van der Waals surface area contributed by atoms with E-state index in [1.165, 1.54) is 7.11 Å². The first-order valence-electron chi connectivity index (χ1n) is 5.38. The Labute approximate surface area is 115 Å². The summed E-state index contributed by atoms with van der Waals surface area (Å²) in [5.74, 6) is -0.252. The molecule has 0 aliphatic carbocycles. The van der Waals surface area contributed by atoms with Gasteiger partial charge in [-0.15, -0.1) is 0 Å². The molecule has 1 aromatic rings. The number of methoxy groups -OCH3 is 1. The molecular formula is C12H15BrClNO2. The van der Waals surface area contributed by atoms with E-state index < -0.39 is 0 Å². The van der Waals surface area contributed by atoms with E-state index in [4.69, 9.17) is 16.3 Å². The molecule has 0 bridgehead atoms. The van der Waals surface area contributed by atoms with Gasteiger partial charge in [0.25, 0.3) is 0 Å². The SMILES string of the molecule is CCCC(Nc1ccc(Cl)c(Br)c1)C(=O)OC. The van der Waals surface area contributed by atoms with Gasteiger partial charge in [0.05, 0.1) is 12.1 Å². The number of nitrogens with one attached hydrogen (secondary N) is 1. The van der Waals surface area contributed by atoms with E-state index in [9.17, 15) is 4.79 Å². The van der Waals surface area contributed by atoms with Crippen molar-refractivity contribution in [1.29, 1.82) is 0 Å². The number of halogens is 2. The predicted octanol–water partition coefficient (Wildman–Crippen LogP) is 3.86. The number of rotatable bonds is 5. The molecule has 0 amide bonds. The van der Waals surface area contributed by atoms with Gasteiger partial charge in [-0.25, -0.2) is 4.79 Å². The van der Waals surface area contributed by atoms with Crippen LogP contribution in [0.2, 0.25) is 5.02 Å². The predicted molar refractivity (Wildman–Crippen MR) is 73.5 cm³/mol. The van der Waals surface area contributed by atoms with Gasteiger partial charge in [-0.3, -0.25) is 0 Å². The number of ether oxygens (including phenoxy) is 1. The van der Waals surface area contributed by atoms with Gasteiger partial charge >= 0.3 is 5.97 Å². The summed E-state index contributed by atoms with van der Waals surface area (Å²) in [6.45, 7) is 2.02. The van der Waals surface area contributed by atoms with Gasteiger partial charge in [-0.2, -0.15) is 0 Å².